The van der Waals surface area contributed by atoms with E-state index < -0.39 is 11.6 Å². The lowest BCUT2D eigenvalue weighted by Crippen LogP contribution is -2.06. The molecular formula is C28H23F2N3O. The van der Waals surface area contributed by atoms with Crippen LogP contribution in [0, 0.1) is 23.0 Å². The molecule has 4 aromatic rings. The zero-order chi connectivity index (χ0) is 23.8. The van der Waals surface area contributed by atoms with Crippen LogP contribution in [0.3, 0.4) is 0 Å². The van der Waals surface area contributed by atoms with Crippen molar-refractivity contribution in [3.8, 4) is 11.8 Å². The predicted octanol–water partition coefficient (Wildman–Crippen LogP) is 6.55. The first-order valence-corrected chi connectivity index (χ1v) is 11.3. The van der Waals surface area contributed by atoms with E-state index in [4.69, 9.17) is 9.72 Å². The summed E-state index contributed by atoms with van der Waals surface area (Å²) in [6, 6.07) is 18.8. The van der Waals surface area contributed by atoms with Gasteiger partial charge in [-0.25, -0.2) is 9.37 Å². The maximum atomic E-state index is 14.6. The molecule has 0 unspecified atom stereocenters. The summed E-state index contributed by atoms with van der Waals surface area (Å²) in [4.78, 5) is 4.81. The number of aromatic nitrogens is 2. The second-order valence-corrected chi connectivity index (χ2v) is 8.48. The number of imidazole rings is 1. The number of aryl methyl sites for hydroxylation is 1. The Bertz CT molecular complexity index is 1490. The Morgan fingerprint density at radius 2 is 1.91 bits per heavy atom. The number of benzene rings is 3. The zero-order valence-electron chi connectivity index (χ0n) is 19.0. The molecule has 0 saturated carbocycles. The monoisotopic (exact) mass is 455 g/mol. The van der Waals surface area contributed by atoms with Crippen LogP contribution in [-0.4, -0.2) is 9.55 Å². The third-order valence-electron chi connectivity index (χ3n) is 6.22. The molecule has 1 aromatic heterocycles. The average molecular weight is 456 g/mol. The lowest BCUT2D eigenvalue weighted by atomic mass is 9.90. The number of hydrogen-bond donors (Lipinski definition) is 0. The highest BCUT2D eigenvalue weighted by atomic mass is 19.2. The second kappa shape index (κ2) is 8.75. The zero-order valence-corrected chi connectivity index (χ0v) is 19.0. The van der Waals surface area contributed by atoms with Crippen LogP contribution in [-0.2, 0) is 19.6 Å². The van der Waals surface area contributed by atoms with Crippen molar-refractivity contribution in [1.29, 1.82) is 5.26 Å². The molecule has 4 nitrogen and oxygen atoms in total. The average Bonchev–Trinajstić information content (AvgIpc) is 3.09. The number of rotatable bonds is 4. The van der Waals surface area contributed by atoms with E-state index in [1.165, 1.54) is 6.07 Å². The summed E-state index contributed by atoms with van der Waals surface area (Å²) in [6.45, 7) is 4.51. The number of fused-ring (bicyclic) bond motifs is 3. The van der Waals surface area contributed by atoms with Crippen molar-refractivity contribution in [2.45, 2.75) is 39.8 Å². The van der Waals surface area contributed by atoms with Gasteiger partial charge in [-0.3, -0.25) is 0 Å². The van der Waals surface area contributed by atoms with E-state index in [0.29, 0.717) is 23.3 Å². The molecule has 6 heteroatoms. The highest BCUT2D eigenvalue weighted by Gasteiger charge is 2.26. The van der Waals surface area contributed by atoms with E-state index in [9.17, 15) is 14.0 Å². The maximum absolute atomic E-state index is 14.6. The summed E-state index contributed by atoms with van der Waals surface area (Å²) < 4.78 is 36.5. The van der Waals surface area contributed by atoms with Crippen molar-refractivity contribution in [3.63, 3.8) is 0 Å². The molecule has 2 heterocycles. The fraction of sp³-hybridized carbons (Fsp3) is 0.214. The van der Waals surface area contributed by atoms with Crippen LogP contribution in [0.2, 0.25) is 0 Å². The number of allylic oxidation sites excluding steroid dienone is 1. The Balaban J connectivity index is 1.61. The third-order valence-corrected chi connectivity index (χ3v) is 6.22. The first kappa shape index (κ1) is 21.8. The summed E-state index contributed by atoms with van der Waals surface area (Å²) in [6.07, 6.45) is 1.86. The van der Waals surface area contributed by atoms with E-state index in [1.54, 1.807) is 6.92 Å². The van der Waals surface area contributed by atoms with Crippen LogP contribution >= 0.6 is 0 Å². The molecule has 0 spiro atoms. The van der Waals surface area contributed by atoms with Crippen molar-refractivity contribution >= 4 is 16.6 Å². The molecule has 5 rings (SSSR count). The summed E-state index contributed by atoms with van der Waals surface area (Å²) in [5, 5.41) is 9.63. The molecule has 1 aliphatic rings. The minimum absolute atomic E-state index is 0.0747. The largest absolute Gasteiger partial charge is 0.485 e. The van der Waals surface area contributed by atoms with Gasteiger partial charge >= 0.3 is 0 Å². The Morgan fingerprint density at radius 3 is 2.71 bits per heavy atom. The Hall–Kier alpha value is -3.98. The minimum Gasteiger partial charge on any atom is -0.485 e. The Labute approximate surface area is 196 Å². The minimum atomic E-state index is -1.04. The van der Waals surface area contributed by atoms with Gasteiger partial charge in [0.25, 0.3) is 0 Å². The number of nitriles is 1. The molecule has 0 atom stereocenters. The molecule has 1 aliphatic heterocycles. The normalized spacial score (nSPS) is 14.1. The summed E-state index contributed by atoms with van der Waals surface area (Å²) in [7, 11) is 0. The smallest absolute Gasteiger partial charge is 0.201 e. The van der Waals surface area contributed by atoms with Crippen molar-refractivity contribution < 1.29 is 13.5 Å². The summed E-state index contributed by atoms with van der Waals surface area (Å²) in [5.41, 5.74) is 6.05. The maximum Gasteiger partial charge on any atom is 0.201 e. The van der Waals surface area contributed by atoms with Crippen LogP contribution in [0.5, 0.6) is 5.75 Å². The van der Waals surface area contributed by atoms with Crippen LogP contribution < -0.4 is 4.74 Å². The number of ether oxygens (including phenoxy) is 1. The topological polar surface area (TPSA) is 50.8 Å². The quantitative estimate of drug-likeness (QED) is 0.328. The highest BCUT2D eigenvalue weighted by Crippen LogP contribution is 2.41. The van der Waals surface area contributed by atoms with Crippen LogP contribution in [0.25, 0.3) is 16.6 Å². The molecule has 0 radical (unpaired) electrons. The van der Waals surface area contributed by atoms with Gasteiger partial charge in [-0.2, -0.15) is 9.65 Å². The Morgan fingerprint density at radius 1 is 1.12 bits per heavy atom. The van der Waals surface area contributed by atoms with Gasteiger partial charge in [-0.05, 0) is 60.4 Å². The lowest BCUT2D eigenvalue weighted by Gasteiger charge is -2.14. The number of halogens is 2. The van der Waals surface area contributed by atoms with E-state index >= 15 is 0 Å². The molecule has 170 valence electrons. The molecule has 0 bridgehead atoms. The van der Waals surface area contributed by atoms with E-state index in [1.807, 2.05) is 36.4 Å². The van der Waals surface area contributed by atoms with Crippen molar-refractivity contribution in [2.75, 3.05) is 0 Å². The lowest BCUT2D eigenvalue weighted by molar-refractivity contribution is 0.285. The summed E-state index contributed by atoms with van der Waals surface area (Å²) >= 11 is 0. The molecule has 3 aromatic carbocycles. The number of para-hydroxylation sites is 2. The van der Waals surface area contributed by atoms with Crippen molar-refractivity contribution in [1.82, 2.24) is 9.55 Å². The summed E-state index contributed by atoms with van der Waals surface area (Å²) in [5.74, 6) is -1.15. The van der Waals surface area contributed by atoms with Crippen LogP contribution in [0.1, 0.15) is 48.3 Å². The van der Waals surface area contributed by atoms with Gasteiger partial charge in [0, 0.05) is 29.7 Å². The van der Waals surface area contributed by atoms with Crippen LogP contribution in [0.4, 0.5) is 8.78 Å². The third kappa shape index (κ3) is 3.63. The molecule has 0 N–H and O–H groups in total. The van der Waals surface area contributed by atoms with Gasteiger partial charge in [0.2, 0.25) is 5.82 Å². The van der Waals surface area contributed by atoms with E-state index in [-0.39, 0.29) is 12.4 Å². The standard InChI is InChI=1S/C28H23F2N3O/c1-3-6-25-32-23-7-4-5-8-24(23)33(25)15-18-9-10-20-19(13-18)16-34-28-21(26(20)17(2)14-31)11-12-22(29)27(28)30/h4-5,7-13H,3,6,15-16H2,1-2H3/b26-17+. The SMILES string of the molecule is CCCc1nc2ccccc2n1Cc1ccc2c(c1)COc1c(ccc(F)c1F)/C2=C(\C)C#N. The van der Waals surface area contributed by atoms with Crippen LogP contribution in [0.15, 0.2) is 60.2 Å². The molecular weight excluding hydrogens is 432 g/mol. The second-order valence-electron chi connectivity index (χ2n) is 8.48. The fourth-order valence-corrected chi connectivity index (χ4v) is 4.63. The molecule has 0 amide bonds. The number of nitrogens with zero attached hydrogens (tertiary/aromatic N) is 3. The van der Waals surface area contributed by atoms with Gasteiger partial charge in [-0.1, -0.05) is 31.2 Å². The van der Waals surface area contributed by atoms with Gasteiger partial charge in [0.1, 0.15) is 12.4 Å². The van der Waals surface area contributed by atoms with Gasteiger partial charge < -0.3 is 9.30 Å². The van der Waals surface area contributed by atoms with Gasteiger partial charge in [0.05, 0.1) is 17.1 Å². The van der Waals surface area contributed by atoms with Crippen molar-refractivity contribution in [2.24, 2.45) is 0 Å². The molecule has 0 saturated heterocycles. The van der Waals surface area contributed by atoms with E-state index in [2.05, 4.69) is 23.6 Å². The highest BCUT2D eigenvalue weighted by molar-refractivity contribution is 5.88. The van der Waals surface area contributed by atoms with Gasteiger partial charge in [-0.15, -0.1) is 0 Å². The first-order chi connectivity index (χ1) is 16.5. The van der Waals surface area contributed by atoms with Crippen molar-refractivity contribution in [3.05, 3.63) is 99.9 Å². The van der Waals surface area contributed by atoms with E-state index in [0.717, 1.165) is 52.5 Å². The van der Waals surface area contributed by atoms with Gasteiger partial charge in [0.15, 0.2) is 11.6 Å². The number of hydrogen-bond acceptors (Lipinski definition) is 3. The molecule has 0 aliphatic carbocycles. The fourth-order valence-electron chi connectivity index (χ4n) is 4.63. The Kier molecular flexibility index (Phi) is 5.62. The first-order valence-electron chi connectivity index (χ1n) is 11.3. The molecule has 0 fully saturated rings. The molecule has 34 heavy (non-hydrogen) atoms. The predicted molar refractivity (Wildman–Crippen MR) is 127 cm³/mol.